The van der Waals surface area contributed by atoms with Crippen LogP contribution in [0.25, 0.3) is 0 Å². The van der Waals surface area contributed by atoms with Gasteiger partial charge in [-0.1, -0.05) is 13.8 Å². The van der Waals surface area contributed by atoms with E-state index in [0.717, 1.165) is 0 Å². The molecular weight excluding hydrogens is 198 g/mol. The minimum absolute atomic E-state index is 0.0111. The van der Waals surface area contributed by atoms with Crippen molar-refractivity contribution in [1.29, 1.82) is 0 Å². The highest BCUT2D eigenvalue weighted by atomic mass is 16.5. The second kappa shape index (κ2) is 7.23. The molecule has 0 fully saturated rings. The van der Waals surface area contributed by atoms with Crippen LogP contribution in [0, 0.1) is 5.92 Å². The zero-order valence-corrected chi connectivity index (χ0v) is 9.70. The summed E-state index contributed by atoms with van der Waals surface area (Å²) in [6.45, 7) is 5.91. The maximum Gasteiger partial charge on any atom is 0.328 e. The third kappa shape index (κ3) is 5.37. The van der Waals surface area contributed by atoms with Crippen LogP contribution < -0.4 is 5.32 Å². The van der Waals surface area contributed by atoms with Crippen LogP contribution in [0.5, 0.6) is 0 Å². The van der Waals surface area contributed by atoms with Crippen LogP contribution in [0.2, 0.25) is 0 Å². The van der Waals surface area contributed by atoms with E-state index in [2.05, 4.69) is 10.1 Å². The number of hydrogen-bond donors (Lipinski definition) is 1. The fraction of sp³-hybridized carbons (Fsp3) is 0.800. The zero-order valence-electron chi connectivity index (χ0n) is 9.70. The summed E-state index contributed by atoms with van der Waals surface area (Å²) in [5.74, 6) is -0.751. The number of carbonyl (C=O) groups excluding carboxylic acids is 2. The molecule has 0 saturated carbocycles. The van der Waals surface area contributed by atoms with Gasteiger partial charge in [0.25, 0.3) is 0 Å². The lowest BCUT2D eigenvalue weighted by molar-refractivity contribution is -0.146. The molecule has 0 unspecified atom stereocenters. The summed E-state index contributed by atoms with van der Waals surface area (Å²) in [4.78, 5) is 22.6. The summed E-state index contributed by atoms with van der Waals surface area (Å²) in [7, 11) is 1.30. The largest absolute Gasteiger partial charge is 0.467 e. The van der Waals surface area contributed by atoms with E-state index in [-0.39, 0.29) is 18.4 Å². The van der Waals surface area contributed by atoms with Crippen LogP contribution in [-0.2, 0) is 19.1 Å². The Balaban J connectivity index is 4.17. The highest BCUT2D eigenvalue weighted by Gasteiger charge is 2.24. The lowest BCUT2D eigenvalue weighted by Gasteiger charge is -2.19. The lowest BCUT2D eigenvalue weighted by Crippen LogP contribution is -2.46. The number of rotatable bonds is 6. The van der Waals surface area contributed by atoms with Crippen LogP contribution >= 0.6 is 0 Å². The quantitative estimate of drug-likeness (QED) is 0.651. The molecule has 0 aliphatic rings. The van der Waals surface area contributed by atoms with Crippen LogP contribution in [0.1, 0.15) is 20.8 Å². The number of esters is 1. The summed E-state index contributed by atoms with van der Waals surface area (Å²) in [6.07, 6.45) is 0. The maximum absolute atomic E-state index is 11.3. The van der Waals surface area contributed by atoms with Crippen molar-refractivity contribution in [3.63, 3.8) is 0 Å². The Morgan fingerprint density at radius 3 is 2.33 bits per heavy atom. The van der Waals surface area contributed by atoms with Crippen molar-refractivity contribution in [2.45, 2.75) is 26.8 Å². The Labute approximate surface area is 90.1 Å². The Kier molecular flexibility index (Phi) is 6.70. The molecule has 0 aliphatic carbocycles. The van der Waals surface area contributed by atoms with E-state index in [9.17, 15) is 9.59 Å². The smallest absolute Gasteiger partial charge is 0.328 e. The molecule has 5 heteroatoms. The second-order valence-electron chi connectivity index (χ2n) is 3.45. The summed E-state index contributed by atoms with van der Waals surface area (Å²) in [6, 6.07) is -0.608. The average molecular weight is 217 g/mol. The van der Waals surface area contributed by atoms with Crippen molar-refractivity contribution < 1.29 is 19.1 Å². The van der Waals surface area contributed by atoms with Gasteiger partial charge in [0.1, 0.15) is 12.6 Å². The SMILES string of the molecule is CCOCC(=O)N[C@H](C(=O)OC)C(C)C. The van der Waals surface area contributed by atoms with Gasteiger partial charge in [-0.2, -0.15) is 0 Å². The Morgan fingerprint density at radius 2 is 1.93 bits per heavy atom. The first-order valence-electron chi connectivity index (χ1n) is 4.97. The molecule has 0 saturated heterocycles. The lowest BCUT2D eigenvalue weighted by atomic mass is 10.0. The number of nitrogens with one attached hydrogen (secondary N) is 1. The van der Waals surface area contributed by atoms with Gasteiger partial charge in [-0.05, 0) is 12.8 Å². The monoisotopic (exact) mass is 217 g/mol. The molecule has 0 aromatic rings. The van der Waals surface area contributed by atoms with E-state index in [0.29, 0.717) is 6.61 Å². The molecule has 0 rings (SSSR count). The highest BCUT2D eigenvalue weighted by Crippen LogP contribution is 2.03. The topological polar surface area (TPSA) is 64.6 Å². The van der Waals surface area contributed by atoms with E-state index in [1.807, 2.05) is 13.8 Å². The first-order chi connectivity index (χ1) is 7.02. The van der Waals surface area contributed by atoms with Gasteiger partial charge >= 0.3 is 5.97 Å². The van der Waals surface area contributed by atoms with E-state index in [1.165, 1.54) is 7.11 Å². The van der Waals surface area contributed by atoms with Crippen molar-refractivity contribution in [2.24, 2.45) is 5.92 Å². The van der Waals surface area contributed by atoms with E-state index in [1.54, 1.807) is 6.92 Å². The molecule has 1 N–H and O–H groups in total. The van der Waals surface area contributed by atoms with Crippen LogP contribution in [0.15, 0.2) is 0 Å². The zero-order chi connectivity index (χ0) is 11.8. The molecule has 0 spiro atoms. The normalized spacial score (nSPS) is 12.3. The molecule has 0 bridgehead atoms. The predicted octanol–water partition coefficient (Wildman–Crippen LogP) is 0.337. The average Bonchev–Trinajstić information content (AvgIpc) is 2.21. The molecule has 5 nitrogen and oxygen atoms in total. The molecular formula is C10H19NO4. The molecule has 88 valence electrons. The summed E-state index contributed by atoms with van der Waals surface area (Å²) < 4.78 is 9.51. The highest BCUT2D eigenvalue weighted by molar-refractivity contribution is 5.85. The van der Waals surface area contributed by atoms with Crippen molar-refractivity contribution in [2.75, 3.05) is 20.3 Å². The van der Waals surface area contributed by atoms with Gasteiger partial charge < -0.3 is 14.8 Å². The number of methoxy groups -OCH3 is 1. The fourth-order valence-electron chi connectivity index (χ4n) is 1.03. The van der Waals surface area contributed by atoms with Crippen molar-refractivity contribution in [1.82, 2.24) is 5.32 Å². The minimum Gasteiger partial charge on any atom is -0.467 e. The van der Waals surface area contributed by atoms with Crippen molar-refractivity contribution in [3.8, 4) is 0 Å². The summed E-state index contributed by atoms with van der Waals surface area (Å²) >= 11 is 0. The third-order valence-electron chi connectivity index (χ3n) is 1.88. The fourth-order valence-corrected chi connectivity index (χ4v) is 1.03. The molecule has 0 radical (unpaired) electrons. The van der Waals surface area contributed by atoms with E-state index < -0.39 is 12.0 Å². The van der Waals surface area contributed by atoms with E-state index in [4.69, 9.17) is 4.74 Å². The van der Waals surface area contributed by atoms with Crippen molar-refractivity contribution in [3.05, 3.63) is 0 Å². The van der Waals surface area contributed by atoms with Crippen LogP contribution in [0.3, 0.4) is 0 Å². The molecule has 15 heavy (non-hydrogen) atoms. The Hall–Kier alpha value is -1.10. The van der Waals surface area contributed by atoms with Gasteiger partial charge in [0, 0.05) is 6.61 Å². The van der Waals surface area contributed by atoms with Gasteiger partial charge in [-0.3, -0.25) is 4.79 Å². The second-order valence-corrected chi connectivity index (χ2v) is 3.45. The minimum atomic E-state index is -0.608. The maximum atomic E-state index is 11.3. The van der Waals surface area contributed by atoms with E-state index >= 15 is 0 Å². The standard InChI is InChI=1S/C10H19NO4/c1-5-15-6-8(12)11-9(7(2)3)10(13)14-4/h7,9H,5-6H2,1-4H3,(H,11,12)/t9-/m0/s1. The molecule has 1 amide bonds. The molecule has 1 atom stereocenters. The first kappa shape index (κ1) is 13.9. The summed E-state index contributed by atoms with van der Waals surface area (Å²) in [5, 5.41) is 2.56. The number of ether oxygens (including phenoxy) is 2. The van der Waals surface area contributed by atoms with Gasteiger partial charge in [-0.25, -0.2) is 4.79 Å². The number of carbonyl (C=O) groups is 2. The van der Waals surface area contributed by atoms with Crippen molar-refractivity contribution >= 4 is 11.9 Å². The van der Waals surface area contributed by atoms with Crippen LogP contribution in [-0.4, -0.2) is 38.2 Å². The first-order valence-corrected chi connectivity index (χ1v) is 4.97. The number of amides is 1. The Morgan fingerprint density at radius 1 is 1.33 bits per heavy atom. The molecule has 0 aromatic carbocycles. The molecule has 0 heterocycles. The predicted molar refractivity (Wildman–Crippen MR) is 55.3 cm³/mol. The van der Waals surface area contributed by atoms with Gasteiger partial charge in [-0.15, -0.1) is 0 Å². The van der Waals surface area contributed by atoms with Crippen LogP contribution in [0.4, 0.5) is 0 Å². The van der Waals surface area contributed by atoms with Gasteiger partial charge in [0.15, 0.2) is 0 Å². The van der Waals surface area contributed by atoms with Gasteiger partial charge in [0.05, 0.1) is 7.11 Å². The van der Waals surface area contributed by atoms with Gasteiger partial charge in [0.2, 0.25) is 5.91 Å². The Bertz CT molecular complexity index is 215. The summed E-state index contributed by atoms with van der Waals surface area (Å²) in [5.41, 5.74) is 0. The molecule has 0 aromatic heterocycles. The third-order valence-corrected chi connectivity index (χ3v) is 1.88. The number of hydrogen-bond acceptors (Lipinski definition) is 4. The molecule has 0 aliphatic heterocycles.